The fourth-order valence-corrected chi connectivity index (χ4v) is 2.00. The third-order valence-electron chi connectivity index (χ3n) is 2.94. The van der Waals surface area contributed by atoms with Gasteiger partial charge in [-0.25, -0.2) is 4.79 Å². The van der Waals surface area contributed by atoms with E-state index in [4.69, 9.17) is 9.47 Å². The lowest BCUT2D eigenvalue weighted by atomic mass is 10.1. The molecule has 4 heteroatoms. The lowest BCUT2D eigenvalue weighted by molar-refractivity contribution is 0.104. The molecule has 0 unspecified atom stereocenters. The molecule has 0 radical (unpaired) electrons. The van der Waals surface area contributed by atoms with Crippen molar-refractivity contribution in [2.45, 2.75) is 19.9 Å². The van der Waals surface area contributed by atoms with E-state index < -0.39 is 6.16 Å². The lowest BCUT2D eigenvalue weighted by Crippen LogP contribution is -2.26. The van der Waals surface area contributed by atoms with Gasteiger partial charge in [0.2, 0.25) is 0 Å². The number of nitrogens with zero attached hydrogens (tertiary/aromatic N) is 1. The summed E-state index contributed by atoms with van der Waals surface area (Å²) in [5.41, 5.74) is 1.21. The molecule has 0 aliphatic carbocycles. The van der Waals surface area contributed by atoms with Crippen LogP contribution in [-0.4, -0.2) is 30.8 Å². The van der Waals surface area contributed by atoms with Crippen LogP contribution in [0.2, 0.25) is 0 Å². The summed E-state index contributed by atoms with van der Waals surface area (Å²) in [5, 5.41) is 0. The molecular formula is C15H19NO3. The largest absolute Gasteiger partial charge is 0.513 e. The van der Waals surface area contributed by atoms with Crippen molar-refractivity contribution in [3.8, 4) is 5.75 Å². The van der Waals surface area contributed by atoms with Gasteiger partial charge in [0.05, 0.1) is 6.61 Å². The minimum absolute atomic E-state index is 0.319. The zero-order valence-corrected chi connectivity index (χ0v) is 11.2. The second-order valence-electron chi connectivity index (χ2n) is 4.42. The second kappa shape index (κ2) is 6.95. The highest BCUT2D eigenvalue weighted by Crippen LogP contribution is 2.15. The summed E-state index contributed by atoms with van der Waals surface area (Å²) in [6.45, 7) is 5.08. The Morgan fingerprint density at radius 1 is 1.26 bits per heavy atom. The second-order valence-corrected chi connectivity index (χ2v) is 4.42. The molecule has 1 aromatic rings. The SMILES string of the molecule is CCOC(=O)Oc1ccc(CN2CC=CCC2)cc1. The van der Waals surface area contributed by atoms with Crippen LogP contribution >= 0.6 is 0 Å². The Bertz CT molecular complexity index is 439. The number of rotatable bonds is 4. The molecule has 4 nitrogen and oxygen atoms in total. The Labute approximate surface area is 113 Å². The van der Waals surface area contributed by atoms with Gasteiger partial charge in [0.25, 0.3) is 0 Å². The molecule has 1 aliphatic heterocycles. The van der Waals surface area contributed by atoms with Crippen LogP contribution in [0.25, 0.3) is 0 Å². The summed E-state index contributed by atoms with van der Waals surface area (Å²) in [5.74, 6) is 0.515. The molecule has 0 N–H and O–H groups in total. The maximum Gasteiger partial charge on any atom is 0.513 e. The first-order chi connectivity index (χ1) is 9.28. The van der Waals surface area contributed by atoms with Crippen molar-refractivity contribution in [2.75, 3.05) is 19.7 Å². The van der Waals surface area contributed by atoms with Crippen molar-refractivity contribution >= 4 is 6.16 Å². The van der Waals surface area contributed by atoms with Gasteiger partial charge in [-0.3, -0.25) is 4.90 Å². The summed E-state index contributed by atoms with van der Waals surface area (Å²) >= 11 is 0. The molecule has 0 saturated carbocycles. The van der Waals surface area contributed by atoms with E-state index in [0.29, 0.717) is 12.4 Å². The van der Waals surface area contributed by atoms with E-state index in [-0.39, 0.29) is 0 Å². The van der Waals surface area contributed by atoms with Gasteiger partial charge in [0.15, 0.2) is 0 Å². The van der Waals surface area contributed by atoms with Crippen molar-refractivity contribution in [1.82, 2.24) is 4.90 Å². The molecule has 2 rings (SSSR count). The van der Waals surface area contributed by atoms with E-state index in [0.717, 1.165) is 26.1 Å². The molecule has 0 spiro atoms. The van der Waals surface area contributed by atoms with Crippen molar-refractivity contribution in [3.05, 3.63) is 42.0 Å². The van der Waals surface area contributed by atoms with Crippen molar-refractivity contribution < 1.29 is 14.3 Å². The average molecular weight is 261 g/mol. The normalized spacial score (nSPS) is 15.2. The minimum Gasteiger partial charge on any atom is -0.434 e. The highest BCUT2D eigenvalue weighted by Gasteiger charge is 2.08. The zero-order chi connectivity index (χ0) is 13.5. The van der Waals surface area contributed by atoms with Gasteiger partial charge >= 0.3 is 6.16 Å². The lowest BCUT2D eigenvalue weighted by Gasteiger charge is -2.22. The van der Waals surface area contributed by atoms with Crippen molar-refractivity contribution in [1.29, 1.82) is 0 Å². The Hall–Kier alpha value is -1.81. The third kappa shape index (κ3) is 4.41. The van der Waals surface area contributed by atoms with Crippen molar-refractivity contribution in [2.24, 2.45) is 0 Å². The van der Waals surface area contributed by atoms with Gasteiger partial charge in [-0.2, -0.15) is 0 Å². The molecule has 102 valence electrons. The number of hydrogen-bond acceptors (Lipinski definition) is 4. The van der Waals surface area contributed by atoms with Gasteiger partial charge in [-0.1, -0.05) is 24.3 Å². The first-order valence-electron chi connectivity index (χ1n) is 6.59. The molecule has 0 saturated heterocycles. The van der Waals surface area contributed by atoms with E-state index in [1.165, 1.54) is 5.56 Å². The van der Waals surface area contributed by atoms with Gasteiger partial charge in [0, 0.05) is 19.6 Å². The average Bonchev–Trinajstić information content (AvgIpc) is 2.42. The molecule has 0 fully saturated rings. The Kier molecular flexibility index (Phi) is 4.98. The van der Waals surface area contributed by atoms with E-state index >= 15 is 0 Å². The Balaban J connectivity index is 1.87. The number of carbonyl (C=O) groups excluding carboxylic acids is 1. The molecular weight excluding hydrogens is 242 g/mol. The molecule has 0 aromatic heterocycles. The Morgan fingerprint density at radius 2 is 2.05 bits per heavy atom. The van der Waals surface area contributed by atoms with Crippen LogP contribution in [0.15, 0.2) is 36.4 Å². The number of hydrogen-bond donors (Lipinski definition) is 0. The molecule has 1 heterocycles. The molecule has 0 amide bonds. The van der Waals surface area contributed by atoms with E-state index in [9.17, 15) is 4.79 Å². The van der Waals surface area contributed by atoms with E-state index in [1.807, 2.05) is 12.1 Å². The molecule has 1 aromatic carbocycles. The van der Waals surface area contributed by atoms with Crippen LogP contribution in [0, 0.1) is 0 Å². The first-order valence-corrected chi connectivity index (χ1v) is 6.59. The maximum absolute atomic E-state index is 11.2. The monoisotopic (exact) mass is 261 g/mol. The summed E-state index contributed by atoms with van der Waals surface area (Å²) in [6.07, 6.45) is 4.87. The molecule has 1 aliphatic rings. The van der Waals surface area contributed by atoms with Gasteiger partial charge in [0.1, 0.15) is 5.75 Å². The maximum atomic E-state index is 11.2. The highest BCUT2D eigenvalue weighted by molar-refractivity contribution is 5.63. The summed E-state index contributed by atoms with van der Waals surface area (Å²) in [7, 11) is 0. The third-order valence-corrected chi connectivity index (χ3v) is 2.94. The number of benzene rings is 1. The molecule has 0 atom stereocenters. The van der Waals surface area contributed by atoms with Crippen LogP contribution in [0.3, 0.4) is 0 Å². The standard InChI is InChI=1S/C15H19NO3/c1-2-18-15(17)19-14-8-6-13(7-9-14)12-16-10-4-3-5-11-16/h3-4,6-9H,2,5,10-12H2,1H3. The van der Waals surface area contributed by atoms with Crippen LogP contribution in [0.4, 0.5) is 4.79 Å². The van der Waals surface area contributed by atoms with Crippen molar-refractivity contribution in [3.63, 3.8) is 0 Å². The fourth-order valence-electron chi connectivity index (χ4n) is 2.00. The van der Waals surface area contributed by atoms with Crippen LogP contribution < -0.4 is 4.74 Å². The number of carbonyl (C=O) groups is 1. The van der Waals surface area contributed by atoms with Gasteiger partial charge < -0.3 is 9.47 Å². The summed E-state index contributed by atoms with van der Waals surface area (Å²) in [6, 6.07) is 7.55. The van der Waals surface area contributed by atoms with E-state index in [2.05, 4.69) is 17.1 Å². The quantitative estimate of drug-likeness (QED) is 0.474. The summed E-state index contributed by atoms with van der Waals surface area (Å²) in [4.78, 5) is 13.5. The fraction of sp³-hybridized carbons (Fsp3) is 0.400. The predicted molar refractivity (Wildman–Crippen MR) is 73.1 cm³/mol. The van der Waals surface area contributed by atoms with E-state index in [1.54, 1.807) is 19.1 Å². The number of ether oxygens (including phenoxy) is 2. The Morgan fingerprint density at radius 3 is 2.68 bits per heavy atom. The zero-order valence-electron chi connectivity index (χ0n) is 11.2. The predicted octanol–water partition coefficient (Wildman–Crippen LogP) is 2.98. The highest BCUT2D eigenvalue weighted by atomic mass is 16.7. The summed E-state index contributed by atoms with van der Waals surface area (Å²) < 4.78 is 9.73. The van der Waals surface area contributed by atoms with Crippen LogP contribution in [0.5, 0.6) is 5.75 Å². The first kappa shape index (κ1) is 13.6. The minimum atomic E-state index is -0.656. The molecule has 0 bridgehead atoms. The van der Waals surface area contributed by atoms with Crippen LogP contribution in [-0.2, 0) is 11.3 Å². The van der Waals surface area contributed by atoms with Gasteiger partial charge in [-0.15, -0.1) is 0 Å². The smallest absolute Gasteiger partial charge is 0.434 e. The van der Waals surface area contributed by atoms with Gasteiger partial charge in [-0.05, 0) is 31.0 Å². The topological polar surface area (TPSA) is 38.8 Å². The van der Waals surface area contributed by atoms with Crippen LogP contribution in [0.1, 0.15) is 18.9 Å². The molecule has 19 heavy (non-hydrogen) atoms.